The molecule has 23 heavy (non-hydrogen) atoms. The minimum Gasteiger partial charge on any atom is -0.348 e. The Bertz CT molecular complexity index is 958. The van der Waals surface area contributed by atoms with E-state index in [0.717, 1.165) is 28.6 Å². The molecule has 3 aromatic rings. The van der Waals surface area contributed by atoms with Crippen LogP contribution in [-0.4, -0.2) is 19.5 Å². The van der Waals surface area contributed by atoms with Gasteiger partial charge in [-0.3, -0.25) is 0 Å². The van der Waals surface area contributed by atoms with Crippen LogP contribution in [0.25, 0.3) is 10.9 Å². The third-order valence-corrected chi connectivity index (χ3v) is 6.12. The number of aromatic nitrogens is 1. The lowest BCUT2D eigenvalue weighted by atomic mass is 10.1. The number of fused-ring (bicyclic) bond motifs is 1. The predicted octanol–water partition coefficient (Wildman–Crippen LogP) is 2.82. The van der Waals surface area contributed by atoms with E-state index in [-0.39, 0.29) is 0 Å². The molecule has 0 aliphatic rings. The molecule has 0 radical (unpaired) electrons. The number of hydrogen-bond donors (Lipinski definition) is 1. The summed E-state index contributed by atoms with van der Waals surface area (Å²) in [6.07, 6.45) is 0.734. The molecule has 0 saturated heterocycles. The molecule has 0 amide bonds. The molecule has 0 atom stereocenters. The van der Waals surface area contributed by atoms with Gasteiger partial charge in [0.15, 0.2) is 0 Å². The summed E-state index contributed by atoms with van der Waals surface area (Å²) >= 11 is 0. The maximum atomic E-state index is 12.8. The number of aryl methyl sites for hydroxylation is 1. The van der Waals surface area contributed by atoms with Crippen LogP contribution in [0.2, 0.25) is 0 Å². The van der Waals surface area contributed by atoms with Crippen LogP contribution in [0.1, 0.15) is 11.3 Å². The number of rotatable bonds is 4. The Morgan fingerprint density at radius 3 is 2.39 bits per heavy atom. The van der Waals surface area contributed by atoms with Gasteiger partial charge < -0.3 is 10.3 Å². The van der Waals surface area contributed by atoms with Crippen molar-refractivity contribution in [1.29, 1.82) is 0 Å². The summed E-state index contributed by atoms with van der Waals surface area (Å²) in [6, 6.07) is 13.8. The third-order valence-electron chi connectivity index (χ3n) is 4.35. The molecule has 0 fully saturated rings. The number of nitrogens with two attached hydrogens (primary N) is 1. The van der Waals surface area contributed by atoms with Gasteiger partial charge in [0.25, 0.3) is 0 Å². The van der Waals surface area contributed by atoms with Crippen molar-refractivity contribution >= 4 is 20.7 Å². The lowest BCUT2D eigenvalue weighted by molar-refractivity contribution is 0.596. The fourth-order valence-corrected chi connectivity index (χ4v) is 4.30. The summed E-state index contributed by atoms with van der Waals surface area (Å²) in [5.74, 6) is 0. The maximum absolute atomic E-state index is 12.8. The Morgan fingerprint density at radius 2 is 1.74 bits per heavy atom. The van der Waals surface area contributed by atoms with Crippen LogP contribution in [0.4, 0.5) is 0 Å². The number of hydrogen-bond acceptors (Lipinski definition) is 3. The lowest BCUT2D eigenvalue weighted by Crippen LogP contribution is -2.04. The minimum atomic E-state index is -3.51. The van der Waals surface area contributed by atoms with Crippen molar-refractivity contribution in [3.8, 4) is 0 Å². The molecule has 0 bridgehead atoms. The van der Waals surface area contributed by atoms with Gasteiger partial charge >= 0.3 is 0 Å². The van der Waals surface area contributed by atoms with E-state index in [2.05, 4.69) is 4.57 Å². The lowest BCUT2D eigenvalue weighted by Gasteiger charge is -2.06. The fraction of sp³-hybridized carbons (Fsp3) is 0.222. The smallest absolute Gasteiger partial charge is 0.206 e. The summed E-state index contributed by atoms with van der Waals surface area (Å²) < 4.78 is 27.7. The van der Waals surface area contributed by atoms with Gasteiger partial charge in [-0.15, -0.1) is 0 Å². The Kier molecular flexibility index (Phi) is 4.00. The second-order valence-electron chi connectivity index (χ2n) is 5.66. The van der Waals surface area contributed by atoms with Gasteiger partial charge in [0.2, 0.25) is 9.84 Å². The summed E-state index contributed by atoms with van der Waals surface area (Å²) in [6.45, 7) is 2.58. The van der Waals surface area contributed by atoms with E-state index in [1.807, 2.05) is 26.1 Å². The zero-order valence-corrected chi connectivity index (χ0v) is 14.1. The highest BCUT2D eigenvalue weighted by atomic mass is 32.2. The zero-order chi connectivity index (χ0) is 16.6. The van der Waals surface area contributed by atoms with Crippen molar-refractivity contribution in [1.82, 2.24) is 4.57 Å². The van der Waals surface area contributed by atoms with E-state index in [4.69, 9.17) is 5.73 Å². The maximum Gasteiger partial charge on any atom is 0.206 e. The Morgan fingerprint density at radius 1 is 1.04 bits per heavy atom. The topological polar surface area (TPSA) is 65.1 Å². The second kappa shape index (κ2) is 5.83. The van der Waals surface area contributed by atoms with Crippen LogP contribution >= 0.6 is 0 Å². The average Bonchev–Trinajstić information content (AvgIpc) is 2.81. The normalized spacial score (nSPS) is 12.0. The van der Waals surface area contributed by atoms with Gasteiger partial charge in [-0.2, -0.15) is 0 Å². The van der Waals surface area contributed by atoms with E-state index in [9.17, 15) is 8.42 Å². The first kappa shape index (κ1) is 15.8. The van der Waals surface area contributed by atoms with E-state index in [0.29, 0.717) is 16.3 Å². The van der Waals surface area contributed by atoms with E-state index >= 15 is 0 Å². The molecule has 0 aliphatic carbocycles. The first-order valence-electron chi connectivity index (χ1n) is 7.55. The molecule has 2 N–H and O–H groups in total. The molecular weight excluding hydrogens is 308 g/mol. The van der Waals surface area contributed by atoms with Gasteiger partial charge in [-0.25, -0.2) is 8.42 Å². The van der Waals surface area contributed by atoms with Crippen molar-refractivity contribution in [2.45, 2.75) is 23.1 Å². The Labute approximate surface area is 136 Å². The summed E-state index contributed by atoms with van der Waals surface area (Å²) in [4.78, 5) is 0.632. The second-order valence-corrected chi connectivity index (χ2v) is 7.61. The highest BCUT2D eigenvalue weighted by Crippen LogP contribution is 2.30. The molecule has 120 valence electrons. The van der Waals surface area contributed by atoms with Gasteiger partial charge in [0.05, 0.1) is 9.79 Å². The number of sulfone groups is 1. The Hall–Kier alpha value is -2.11. The summed E-state index contributed by atoms with van der Waals surface area (Å²) in [5.41, 5.74) is 8.99. The number of nitrogens with zero attached hydrogens (tertiary/aromatic N) is 1. The van der Waals surface area contributed by atoms with Gasteiger partial charge in [0, 0.05) is 23.6 Å². The molecule has 0 unspecified atom stereocenters. The van der Waals surface area contributed by atoms with Gasteiger partial charge in [-0.05, 0) is 55.8 Å². The highest BCUT2D eigenvalue weighted by Gasteiger charge is 2.20. The molecule has 1 aromatic heterocycles. The minimum absolute atomic E-state index is 0.312. The molecule has 4 nitrogen and oxygen atoms in total. The quantitative estimate of drug-likeness (QED) is 0.801. The van der Waals surface area contributed by atoms with Crippen LogP contribution in [0, 0.1) is 6.92 Å². The van der Waals surface area contributed by atoms with E-state index < -0.39 is 9.84 Å². The van der Waals surface area contributed by atoms with Crippen molar-refractivity contribution < 1.29 is 8.42 Å². The van der Waals surface area contributed by atoms with Crippen molar-refractivity contribution in [3.05, 3.63) is 59.8 Å². The average molecular weight is 328 g/mol. The van der Waals surface area contributed by atoms with Crippen LogP contribution < -0.4 is 5.73 Å². The molecule has 3 rings (SSSR count). The van der Waals surface area contributed by atoms with E-state index in [1.165, 1.54) is 0 Å². The van der Waals surface area contributed by atoms with Crippen molar-refractivity contribution in [2.75, 3.05) is 6.54 Å². The first-order valence-corrected chi connectivity index (χ1v) is 9.03. The Balaban J connectivity index is 2.23. The fourth-order valence-electron chi connectivity index (χ4n) is 2.99. The largest absolute Gasteiger partial charge is 0.348 e. The monoisotopic (exact) mass is 328 g/mol. The zero-order valence-electron chi connectivity index (χ0n) is 13.3. The first-order chi connectivity index (χ1) is 11.0. The molecule has 2 aromatic carbocycles. The van der Waals surface area contributed by atoms with E-state index in [1.54, 1.807) is 36.4 Å². The van der Waals surface area contributed by atoms with Crippen LogP contribution in [0.15, 0.2) is 58.3 Å². The van der Waals surface area contributed by atoms with Gasteiger partial charge in [-0.1, -0.05) is 18.2 Å². The molecule has 5 heteroatoms. The van der Waals surface area contributed by atoms with Gasteiger partial charge in [0.1, 0.15) is 0 Å². The predicted molar refractivity (Wildman–Crippen MR) is 92.3 cm³/mol. The molecular formula is C18H20N2O2S. The molecule has 0 aliphatic heterocycles. The number of benzene rings is 2. The summed E-state index contributed by atoms with van der Waals surface area (Å²) in [7, 11) is -1.52. The summed E-state index contributed by atoms with van der Waals surface area (Å²) in [5, 5.41) is 0.965. The molecule has 1 heterocycles. The van der Waals surface area contributed by atoms with Crippen LogP contribution in [-0.2, 0) is 23.3 Å². The standard InChI is InChI=1S/C18H20N2O2S/c1-13-16(10-11-19)17-12-15(8-9-18(17)20(13)2)23(21,22)14-6-4-3-5-7-14/h3-9,12H,10-11,19H2,1-2H3. The third kappa shape index (κ3) is 2.56. The van der Waals surface area contributed by atoms with Crippen LogP contribution in [0.5, 0.6) is 0 Å². The highest BCUT2D eigenvalue weighted by molar-refractivity contribution is 7.91. The SMILES string of the molecule is Cc1c(CCN)c2cc(S(=O)(=O)c3ccccc3)ccc2n1C. The molecule has 0 saturated carbocycles. The van der Waals surface area contributed by atoms with Crippen molar-refractivity contribution in [2.24, 2.45) is 12.8 Å². The molecule has 0 spiro atoms. The van der Waals surface area contributed by atoms with Crippen LogP contribution in [0.3, 0.4) is 0 Å². The van der Waals surface area contributed by atoms with Crippen molar-refractivity contribution in [3.63, 3.8) is 0 Å².